The van der Waals surface area contributed by atoms with Crippen molar-refractivity contribution in [2.24, 2.45) is 0 Å². The van der Waals surface area contributed by atoms with E-state index >= 15 is 0 Å². The van der Waals surface area contributed by atoms with E-state index in [1.54, 1.807) is 42.9 Å². The highest BCUT2D eigenvalue weighted by atomic mass is 35.5. The summed E-state index contributed by atoms with van der Waals surface area (Å²) in [6, 6.07) is 7.07. The molecule has 0 aliphatic carbocycles. The lowest BCUT2D eigenvalue weighted by Gasteiger charge is -2.10. The molecule has 3 rings (SSSR count). The molecule has 1 amide bonds. The van der Waals surface area contributed by atoms with Crippen LogP contribution in [0.25, 0.3) is 0 Å². The lowest BCUT2D eigenvalue weighted by Crippen LogP contribution is -2.30. The van der Waals surface area contributed by atoms with E-state index in [4.69, 9.17) is 28.3 Å². The molecular formula is C18H19Cl2N7O2. The van der Waals surface area contributed by atoms with E-state index in [1.807, 2.05) is 0 Å². The predicted octanol–water partition coefficient (Wildman–Crippen LogP) is 2.44. The Morgan fingerprint density at radius 2 is 2.00 bits per heavy atom. The van der Waals surface area contributed by atoms with Crippen molar-refractivity contribution in [1.29, 1.82) is 0 Å². The first-order valence-corrected chi connectivity index (χ1v) is 9.47. The number of aliphatic hydroxyl groups excluding tert-OH is 1. The fourth-order valence-electron chi connectivity index (χ4n) is 2.44. The number of carbonyl (C=O) groups is 1. The van der Waals surface area contributed by atoms with Crippen LogP contribution in [0.2, 0.25) is 10.0 Å². The summed E-state index contributed by atoms with van der Waals surface area (Å²) >= 11 is 12.4. The number of amides is 1. The number of aliphatic hydroxyl groups is 1. The fraction of sp³-hybridized carbons (Fsp3) is 0.222. The summed E-state index contributed by atoms with van der Waals surface area (Å²) in [6.07, 6.45) is 4.83. The first kappa shape index (κ1) is 20.8. The smallest absolute Gasteiger partial charge is 0.241 e. The summed E-state index contributed by atoms with van der Waals surface area (Å²) in [4.78, 5) is 20.2. The van der Waals surface area contributed by atoms with Gasteiger partial charge in [-0.25, -0.2) is 4.98 Å². The second kappa shape index (κ2) is 10.1. The summed E-state index contributed by atoms with van der Waals surface area (Å²) in [5, 5.41) is 22.7. The third-order valence-electron chi connectivity index (χ3n) is 3.79. The van der Waals surface area contributed by atoms with Crippen LogP contribution in [0.5, 0.6) is 0 Å². The number of carbonyl (C=O) groups excluding carboxylic acids is 1. The Morgan fingerprint density at radius 3 is 2.76 bits per heavy atom. The largest absolute Gasteiger partial charge is 0.395 e. The molecule has 0 unspecified atom stereocenters. The molecular weight excluding hydrogens is 417 g/mol. The van der Waals surface area contributed by atoms with Crippen molar-refractivity contribution in [3.05, 3.63) is 58.5 Å². The zero-order chi connectivity index (χ0) is 20.6. The number of nitrogens with one attached hydrogen (secondary N) is 3. The Balaban J connectivity index is 1.59. The quantitative estimate of drug-likeness (QED) is 0.407. The van der Waals surface area contributed by atoms with Crippen LogP contribution in [0.4, 0.5) is 17.5 Å². The van der Waals surface area contributed by atoms with Crippen LogP contribution >= 0.6 is 23.2 Å². The van der Waals surface area contributed by atoms with Crippen LogP contribution in [0, 0.1) is 0 Å². The van der Waals surface area contributed by atoms with Crippen molar-refractivity contribution in [3.8, 4) is 0 Å². The van der Waals surface area contributed by atoms with Gasteiger partial charge in [0.25, 0.3) is 0 Å². The van der Waals surface area contributed by atoms with E-state index in [2.05, 4.69) is 31.0 Å². The average Bonchev–Trinajstić information content (AvgIpc) is 3.13. The van der Waals surface area contributed by atoms with Crippen LogP contribution in [-0.2, 0) is 17.9 Å². The molecule has 0 spiro atoms. The van der Waals surface area contributed by atoms with Gasteiger partial charge in [-0.1, -0.05) is 29.3 Å². The van der Waals surface area contributed by atoms with Gasteiger partial charge in [0.15, 0.2) is 0 Å². The minimum Gasteiger partial charge on any atom is -0.395 e. The van der Waals surface area contributed by atoms with Gasteiger partial charge in [-0.2, -0.15) is 10.1 Å². The summed E-state index contributed by atoms with van der Waals surface area (Å²) < 4.78 is 1.47. The molecule has 9 nitrogen and oxygen atoms in total. The van der Waals surface area contributed by atoms with Crippen molar-refractivity contribution in [1.82, 2.24) is 25.1 Å². The standard InChI is InChI=1S/C18H19Cl2N7O2/c19-14-2-1-3-15(20)13(14)9-23-16-4-5-22-18(26-16)25-12-8-24-27(10-12)11-17(29)21-6-7-28/h1-5,8,10,28H,6-7,9,11H2,(H,21,29)(H2,22,23,25,26). The topological polar surface area (TPSA) is 117 Å². The minimum atomic E-state index is -0.241. The minimum absolute atomic E-state index is 0.0444. The molecule has 0 aliphatic heterocycles. The number of aromatic nitrogens is 4. The van der Waals surface area contributed by atoms with Crippen LogP contribution in [0.3, 0.4) is 0 Å². The highest BCUT2D eigenvalue weighted by Crippen LogP contribution is 2.25. The third kappa shape index (κ3) is 6.05. The third-order valence-corrected chi connectivity index (χ3v) is 4.50. The number of halogens is 2. The van der Waals surface area contributed by atoms with Crippen LogP contribution in [0.1, 0.15) is 5.56 Å². The molecule has 0 fully saturated rings. The molecule has 0 saturated heterocycles. The number of anilines is 3. The van der Waals surface area contributed by atoms with E-state index in [-0.39, 0.29) is 25.6 Å². The molecule has 0 atom stereocenters. The zero-order valence-electron chi connectivity index (χ0n) is 15.3. The number of nitrogens with zero attached hydrogens (tertiary/aromatic N) is 4. The Hall–Kier alpha value is -2.88. The summed E-state index contributed by atoms with van der Waals surface area (Å²) in [7, 11) is 0. The lowest BCUT2D eigenvalue weighted by molar-refractivity contribution is -0.122. The van der Waals surface area contributed by atoms with Crippen molar-refractivity contribution >= 4 is 46.6 Å². The first-order chi connectivity index (χ1) is 14.0. The Morgan fingerprint density at radius 1 is 1.21 bits per heavy atom. The molecule has 0 aliphatic rings. The van der Waals surface area contributed by atoms with Crippen molar-refractivity contribution < 1.29 is 9.90 Å². The van der Waals surface area contributed by atoms with E-state index in [1.165, 1.54) is 4.68 Å². The summed E-state index contributed by atoms with van der Waals surface area (Å²) in [5.41, 5.74) is 1.41. The molecule has 0 radical (unpaired) electrons. The Labute approximate surface area is 177 Å². The fourth-order valence-corrected chi connectivity index (χ4v) is 2.97. The number of rotatable bonds is 9. The van der Waals surface area contributed by atoms with Gasteiger partial charge in [0.1, 0.15) is 12.4 Å². The van der Waals surface area contributed by atoms with Gasteiger partial charge in [-0.05, 0) is 18.2 Å². The molecule has 2 aromatic heterocycles. The molecule has 3 aromatic rings. The number of benzene rings is 1. The van der Waals surface area contributed by atoms with Crippen LogP contribution in [0.15, 0.2) is 42.9 Å². The summed E-state index contributed by atoms with van der Waals surface area (Å²) in [5.74, 6) is 0.716. The molecule has 0 bridgehead atoms. The number of hydrogen-bond acceptors (Lipinski definition) is 7. The van der Waals surface area contributed by atoms with Gasteiger partial charge in [0.2, 0.25) is 11.9 Å². The monoisotopic (exact) mass is 435 g/mol. The maximum absolute atomic E-state index is 11.7. The van der Waals surface area contributed by atoms with Crippen molar-refractivity contribution in [3.63, 3.8) is 0 Å². The van der Waals surface area contributed by atoms with Crippen LogP contribution < -0.4 is 16.0 Å². The van der Waals surface area contributed by atoms with Gasteiger partial charge >= 0.3 is 0 Å². The first-order valence-electron chi connectivity index (χ1n) is 8.72. The van der Waals surface area contributed by atoms with E-state index in [0.717, 1.165) is 5.56 Å². The molecule has 0 saturated carbocycles. The van der Waals surface area contributed by atoms with Gasteiger partial charge in [0, 0.05) is 41.1 Å². The lowest BCUT2D eigenvalue weighted by atomic mass is 10.2. The predicted molar refractivity (Wildman–Crippen MR) is 111 cm³/mol. The SMILES string of the molecule is O=C(Cn1cc(Nc2nccc(NCc3c(Cl)cccc3Cl)n2)cn1)NCCO. The van der Waals surface area contributed by atoms with E-state index < -0.39 is 0 Å². The maximum atomic E-state index is 11.7. The number of hydrogen-bond donors (Lipinski definition) is 4. The zero-order valence-corrected chi connectivity index (χ0v) is 16.8. The Bertz CT molecular complexity index is 960. The second-order valence-corrected chi connectivity index (χ2v) is 6.76. The van der Waals surface area contributed by atoms with Crippen molar-refractivity contribution in [2.75, 3.05) is 23.8 Å². The Kier molecular flexibility index (Phi) is 7.23. The average molecular weight is 436 g/mol. The van der Waals surface area contributed by atoms with Gasteiger partial charge in [-0.15, -0.1) is 0 Å². The van der Waals surface area contributed by atoms with Gasteiger partial charge in [0.05, 0.1) is 18.5 Å². The highest BCUT2D eigenvalue weighted by Gasteiger charge is 2.08. The van der Waals surface area contributed by atoms with Crippen LogP contribution in [-0.4, -0.2) is 43.9 Å². The highest BCUT2D eigenvalue weighted by molar-refractivity contribution is 6.36. The normalized spacial score (nSPS) is 10.6. The molecule has 152 valence electrons. The molecule has 1 aromatic carbocycles. The molecule has 4 N–H and O–H groups in total. The second-order valence-electron chi connectivity index (χ2n) is 5.94. The molecule has 29 heavy (non-hydrogen) atoms. The molecule has 2 heterocycles. The molecule has 11 heteroatoms. The van der Waals surface area contributed by atoms with E-state index in [9.17, 15) is 4.79 Å². The van der Waals surface area contributed by atoms with Crippen molar-refractivity contribution in [2.45, 2.75) is 13.1 Å². The van der Waals surface area contributed by atoms with Gasteiger partial charge < -0.3 is 21.1 Å². The maximum Gasteiger partial charge on any atom is 0.241 e. The summed E-state index contributed by atoms with van der Waals surface area (Å²) in [6.45, 7) is 0.554. The van der Waals surface area contributed by atoms with Gasteiger partial charge in [-0.3, -0.25) is 9.48 Å². The van der Waals surface area contributed by atoms with E-state index in [0.29, 0.717) is 34.0 Å².